The van der Waals surface area contributed by atoms with Crippen LogP contribution in [-0.4, -0.2) is 82.4 Å². The van der Waals surface area contributed by atoms with Crippen LogP contribution in [0.15, 0.2) is 0 Å². The number of carbonyl (C=O) groups is 5. The van der Waals surface area contributed by atoms with Gasteiger partial charge >= 0.3 is 0 Å². The molecule has 0 heterocycles. The van der Waals surface area contributed by atoms with Gasteiger partial charge in [0.1, 0.15) is 0 Å². The average Bonchev–Trinajstić information content (AvgIpc) is 2.50. The number of carbonyl (C=O) groups excluding carboxylic acids is 5. The van der Waals surface area contributed by atoms with Gasteiger partial charge in [0.05, 0.1) is 6.61 Å². The van der Waals surface area contributed by atoms with E-state index in [2.05, 4.69) is 15.9 Å². The lowest BCUT2D eigenvalue weighted by Gasteiger charge is -2.51. The SMILES string of the molecule is CC(=O)C(=O)[C@](O)(C(C)=O)[C@](O)(C(C)=O)[C@@](O)(C(C)=O)[C@@](O)(Br)CO. The minimum Gasteiger partial charge on any atom is -0.392 e. The van der Waals surface area contributed by atoms with Crippen LogP contribution in [0.3, 0.4) is 0 Å². The number of aliphatic hydroxyl groups is 5. The Kier molecular flexibility index (Phi) is 6.71. The van der Waals surface area contributed by atoms with Gasteiger partial charge in [-0.1, -0.05) is 0 Å². The molecule has 0 spiro atoms. The first-order chi connectivity index (χ1) is 11.0. The minimum atomic E-state index is -4.01. The summed E-state index contributed by atoms with van der Waals surface area (Å²) < 4.78 is -3.17. The predicted molar refractivity (Wildman–Crippen MR) is 83.5 cm³/mol. The van der Waals surface area contributed by atoms with Gasteiger partial charge in [0, 0.05) is 6.92 Å². The van der Waals surface area contributed by atoms with Crippen molar-refractivity contribution in [2.24, 2.45) is 0 Å². The highest BCUT2D eigenvalue weighted by atomic mass is 79.9. The first kappa shape index (κ1) is 23.6. The zero-order valence-corrected chi connectivity index (χ0v) is 15.4. The highest BCUT2D eigenvalue weighted by Gasteiger charge is 2.78. The fraction of sp³-hybridized carbons (Fsp3) is 0.643. The van der Waals surface area contributed by atoms with Crippen LogP contribution in [0.2, 0.25) is 0 Å². The van der Waals surface area contributed by atoms with E-state index >= 15 is 0 Å². The molecule has 142 valence electrons. The van der Waals surface area contributed by atoms with Gasteiger partial charge < -0.3 is 25.5 Å². The van der Waals surface area contributed by atoms with Gasteiger partial charge in [-0.25, -0.2) is 0 Å². The number of halogens is 1. The van der Waals surface area contributed by atoms with E-state index in [1.165, 1.54) is 0 Å². The Morgan fingerprint density at radius 2 is 1.12 bits per heavy atom. The molecule has 0 aliphatic rings. The van der Waals surface area contributed by atoms with Crippen LogP contribution in [0.5, 0.6) is 0 Å². The van der Waals surface area contributed by atoms with E-state index < -0.39 is 56.8 Å². The van der Waals surface area contributed by atoms with Gasteiger partial charge in [0.15, 0.2) is 27.6 Å². The third kappa shape index (κ3) is 3.00. The molecule has 0 unspecified atom stereocenters. The van der Waals surface area contributed by atoms with Gasteiger partial charge in [-0.05, 0) is 36.7 Å². The van der Waals surface area contributed by atoms with Crippen molar-refractivity contribution in [1.82, 2.24) is 0 Å². The number of aliphatic hydroxyl groups excluding tert-OH is 1. The third-order valence-corrected chi connectivity index (χ3v) is 4.81. The fourth-order valence-electron chi connectivity index (χ4n) is 2.52. The predicted octanol–water partition coefficient (Wildman–Crippen LogP) is -2.82. The number of Topliss-reactive ketones (excluding diaryl/α,β-unsaturated/α-hetero) is 5. The lowest BCUT2D eigenvalue weighted by Crippen LogP contribution is -2.83. The van der Waals surface area contributed by atoms with Crippen molar-refractivity contribution in [3.63, 3.8) is 0 Å². The summed E-state index contributed by atoms with van der Waals surface area (Å²) in [5.74, 6) is -8.45. The number of hydrogen-bond donors (Lipinski definition) is 5. The minimum absolute atomic E-state index is 0.496. The van der Waals surface area contributed by atoms with Crippen molar-refractivity contribution < 1.29 is 49.5 Å². The normalized spacial score (nSPS) is 21.0. The molecular weight excluding hydrogens is 408 g/mol. The molecule has 0 aromatic carbocycles. The monoisotopic (exact) mass is 426 g/mol. The Bertz CT molecular complexity index is 642. The molecule has 0 saturated heterocycles. The standard InChI is InChI=1S/C14H19BrO10/c1-6(17)10(21)12(23,7(2)18)14(25,9(4)20)13(24,8(3)19)11(15,22)5-16/h16,22-25H,5H2,1-4H3/t11-,12-,13-,14-/m1/s1. The summed E-state index contributed by atoms with van der Waals surface area (Å²) in [4.78, 5) is 59.6. The first-order valence-corrected chi connectivity index (χ1v) is 7.57. The molecule has 0 bridgehead atoms. The average molecular weight is 427 g/mol. The lowest BCUT2D eigenvalue weighted by molar-refractivity contribution is -0.251. The molecule has 0 aromatic rings. The fourth-order valence-corrected chi connectivity index (χ4v) is 3.09. The van der Waals surface area contributed by atoms with Crippen molar-refractivity contribution >= 4 is 44.8 Å². The van der Waals surface area contributed by atoms with Crippen LogP contribution in [0.4, 0.5) is 0 Å². The zero-order valence-electron chi connectivity index (χ0n) is 13.9. The second-order valence-corrected chi connectivity index (χ2v) is 6.91. The van der Waals surface area contributed by atoms with Crippen molar-refractivity contribution in [3.8, 4) is 0 Å². The molecule has 0 fully saturated rings. The Morgan fingerprint density at radius 3 is 1.32 bits per heavy atom. The summed E-state index contributed by atoms with van der Waals surface area (Å²) in [5, 5.41) is 51.4. The maximum atomic E-state index is 12.1. The molecular formula is C14H19BrO10. The molecule has 10 nitrogen and oxygen atoms in total. The van der Waals surface area contributed by atoms with Crippen molar-refractivity contribution in [3.05, 3.63) is 0 Å². The number of rotatable bonds is 9. The van der Waals surface area contributed by atoms with E-state index in [0.29, 0.717) is 27.7 Å². The van der Waals surface area contributed by atoms with Gasteiger partial charge in [0.25, 0.3) is 0 Å². The van der Waals surface area contributed by atoms with E-state index in [4.69, 9.17) is 0 Å². The molecule has 0 saturated carbocycles. The van der Waals surface area contributed by atoms with Crippen molar-refractivity contribution in [1.29, 1.82) is 0 Å². The largest absolute Gasteiger partial charge is 0.392 e. The smallest absolute Gasteiger partial charge is 0.240 e. The van der Waals surface area contributed by atoms with Crippen molar-refractivity contribution in [2.75, 3.05) is 6.61 Å². The summed E-state index contributed by atoms with van der Waals surface area (Å²) in [6.45, 7) is 0.669. The van der Waals surface area contributed by atoms with Crippen LogP contribution in [0.1, 0.15) is 27.7 Å². The summed E-state index contributed by atoms with van der Waals surface area (Å²) in [7, 11) is 0. The highest BCUT2D eigenvalue weighted by Crippen LogP contribution is 2.45. The maximum absolute atomic E-state index is 12.1. The van der Waals surface area contributed by atoms with E-state index in [0.717, 1.165) is 0 Å². The summed E-state index contributed by atoms with van der Waals surface area (Å²) in [5.41, 5.74) is -11.7. The lowest BCUT2D eigenvalue weighted by atomic mass is 9.61. The summed E-state index contributed by atoms with van der Waals surface area (Å²) in [6, 6.07) is 0. The molecule has 0 amide bonds. The number of ketones is 5. The zero-order chi connectivity index (χ0) is 20.6. The van der Waals surface area contributed by atoms with Gasteiger partial charge in [-0.2, -0.15) is 0 Å². The number of alkyl halides is 1. The second kappa shape index (κ2) is 7.09. The quantitative estimate of drug-likeness (QED) is 0.146. The van der Waals surface area contributed by atoms with E-state index in [-0.39, 0.29) is 0 Å². The van der Waals surface area contributed by atoms with Crippen molar-refractivity contribution in [2.45, 2.75) is 49.0 Å². The second-order valence-electron chi connectivity index (χ2n) is 5.60. The maximum Gasteiger partial charge on any atom is 0.240 e. The molecule has 4 atom stereocenters. The third-order valence-electron chi connectivity index (χ3n) is 3.99. The van der Waals surface area contributed by atoms with Gasteiger partial charge in [0.2, 0.25) is 22.6 Å². The van der Waals surface area contributed by atoms with E-state index in [1.54, 1.807) is 0 Å². The van der Waals surface area contributed by atoms with E-state index in [1.807, 2.05) is 0 Å². The van der Waals surface area contributed by atoms with Gasteiger partial charge in [-0.15, -0.1) is 0 Å². The molecule has 11 heteroatoms. The topological polar surface area (TPSA) is 186 Å². The van der Waals surface area contributed by atoms with Crippen LogP contribution >= 0.6 is 15.9 Å². The van der Waals surface area contributed by atoms with Crippen LogP contribution in [0.25, 0.3) is 0 Å². The highest BCUT2D eigenvalue weighted by molar-refractivity contribution is 9.10. The molecule has 5 N–H and O–H groups in total. The molecule has 0 aliphatic heterocycles. The van der Waals surface area contributed by atoms with Crippen LogP contribution in [0, 0.1) is 0 Å². The van der Waals surface area contributed by atoms with Gasteiger partial charge in [-0.3, -0.25) is 24.0 Å². The number of hydrogen-bond acceptors (Lipinski definition) is 10. The van der Waals surface area contributed by atoms with Crippen LogP contribution in [-0.2, 0) is 24.0 Å². The molecule has 25 heavy (non-hydrogen) atoms. The summed E-state index contributed by atoms with van der Waals surface area (Å²) in [6.07, 6.45) is 0. The molecule has 0 aliphatic carbocycles. The Hall–Kier alpha value is -1.37. The molecule has 0 aromatic heterocycles. The Labute approximate surface area is 150 Å². The van der Waals surface area contributed by atoms with Crippen LogP contribution < -0.4 is 0 Å². The Balaban J connectivity index is 7.33. The summed E-state index contributed by atoms with van der Waals surface area (Å²) >= 11 is 2.34. The molecule has 0 rings (SSSR count). The molecule has 0 radical (unpaired) electrons. The Morgan fingerprint density at radius 1 is 0.760 bits per heavy atom. The van der Waals surface area contributed by atoms with E-state index in [9.17, 15) is 49.5 Å². The first-order valence-electron chi connectivity index (χ1n) is 6.77.